The number of nitrogens with two attached hydrogens (primary N) is 1. The molecule has 5 heteroatoms. The van der Waals surface area contributed by atoms with Gasteiger partial charge in [0.2, 0.25) is 5.91 Å². The van der Waals surface area contributed by atoms with E-state index in [2.05, 4.69) is 5.32 Å². The Hall–Kier alpha value is -1.88. The summed E-state index contributed by atoms with van der Waals surface area (Å²) in [5, 5.41) is 11.6. The fraction of sp³-hybridized carbons (Fsp3) is 0.467. The number of hydrogen-bond donors (Lipinski definition) is 3. The molecule has 5 nitrogen and oxygen atoms in total. The molecule has 0 heterocycles. The van der Waals surface area contributed by atoms with Gasteiger partial charge in [0.15, 0.2) is 0 Å². The van der Waals surface area contributed by atoms with Crippen molar-refractivity contribution in [2.75, 3.05) is 5.32 Å². The van der Waals surface area contributed by atoms with Crippen LogP contribution >= 0.6 is 0 Å². The summed E-state index contributed by atoms with van der Waals surface area (Å²) in [6.45, 7) is 0. The Morgan fingerprint density at radius 2 is 2.00 bits per heavy atom. The lowest BCUT2D eigenvalue weighted by molar-refractivity contribution is -0.137. The highest BCUT2D eigenvalue weighted by Crippen LogP contribution is 2.32. The number of carboxylic acids is 1. The first kappa shape index (κ1) is 14.5. The predicted octanol–water partition coefficient (Wildman–Crippen LogP) is 1.91. The van der Waals surface area contributed by atoms with Gasteiger partial charge in [-0.3, -0.25) is 9.59 Å². The monoisotopic (exact) mass is 276 g/mol. The van der Waals surface area contributed by atoms with Crippen molar-refractivity contribution in [2.45, 2.75) is 44.1 Å². The molecule has 0 atom stereocenters. The molecular weight excluding hydrogens is 256 g/mol. The lowest BCUT2D eigenvalue weighted by Gasteiger charge is -2.37. The van der Waals surface area contributed by atoms with E-state index in [-0.39, 0.29) is 17.9 Å². The SMILES string of the molecule is NC1(CC(=O)Nc2ccccc2CCC(=O)O)CCC1. The largest absolute Gasteiger partial charge is 0.481 e. The van der Waals surface area contributed by atoms with Gasteiger partial charge in [-0.1, -0.05) is 18.2 Å². The minimum absolute atomic E-state index is 0.0493. The Labute approximate surface area is 118 Å². The normalized spacial score (nSPS) is 16.2. The van der Waals surface area contributed by atoms with Crippen LogP contribution in [-0.2, 0) is 16.0 Å². The maximum absolute atomic E-state index is 12.0. The fourth-order valence-corrected chi connectivity index (χ4v) is 2.42. The van der Waals surface area contributed by atoms with E-state index < -0.39 is 5.97 Å². The molecule has 1 aliphatic carbocycles. The summed E-state index contributed by atoms with van der Waals surface area (Å²) < 4.78 is 0. The summed E-state index contributed by atoms with van der Waals surface area (Å²) in [5.74, 6) is -0.948. The molecule has 4 N–H and O–H groups in total. The van der Waals surface area contributed by atoms with Crippen LogP contribution in [0.25, 0.3) is 0 Å². The van der Waals surface area contributed by atoms with Gasteiger partial charge >= 0.3 is 5.97 Å². The molecule has 1 saturated carbocycles. The van der Waals surface area contributed by atoms with Gasteiger partial charge in [0.05, 0.1) is 0 Å². The third-order valence-electron chi connectivity index (χ3n) is 3.76. The number of hydrogen-bond acceptors (Lipinski definition) is 3. The summed E-state index contributed by atoms with van der Waals surface area (Å²) >= 11 is 0. The number of carbonyl (C=O) groups is 2. The summed E-state index contributed by atoms with van der Waals surface area (Å²) in [7, 11) is 0. The quantitative estimate of drug-likeness (QED) is 0.740. The molecule has 1 aromatic carbocycles. The summed E-state index contributed by atoms with van der Waals surface area (Å²) in [4.78, 5) is 22.6. The van der Waals surface area contributed by atoms with Crippen LogP contribution in [0.15, 0.2) is 24.3 Å². The van der Waals surface area contributed by atoms with Gasteiger partial charge in [0.25, 0.3) is 0 Å². The highest BCUT2D eigenvalue weighted by Gasteiger charge is 2.34. The zero-order valence-corrected chi connectivity index (χ0v) is 11.4. The number of nitrogens with one attached hydrogen (secondary N) is 1. The van der Waals surface area contributed by atoms with Gasteiger partial charge < -0.3 is 16.2 Å². The molecule has 1 fully saturated rings. The lowest BCUT2D eigenvalue weighted by atomic mass is 9.75. The molecule has 1 aromatic rings. The van der Waals surface area contributed by atoms with E-state index in [1.807, 2.05) is 18.2 Å². The molecule has 0 saturated heterocycles. The first-order chi connectivity index (χ1) is 9.48. The van der Waals surface area contributed by atoms with Gasteiger partial charge in [-0.05, 0) is 37.3 Å². The summed E-state index contributed by atoms with van der Waals surface area (Å²) in [6, 6.07) is 7.28. The van der Waals surface area contributed by atoms with E-state index >= 15 is 0 Å². The smallest absolute Gasteiger partial charge is 0.303 e. The van der Waals surface area contributed by atoms with Crippen molar-refractivity contribution < 1.29 is 14.7 Å². The van der Waals surface area contributed by atoms with E-state index in [4.69, 9.17) is 10.8 Å². The van der Waals surface area contributed by atoms with Crippen molar-refractivity contribution in [1.29, 1.82) is 0 Å². The Morgan fingerprint density at radius 1 is 1.30 bits per heavy atom. The minimum atomic E-state index is -0.846. The zero-order valence-electron chi connectivity index (χ0n) is 11.4. The molecule has 0 radical (unpaired) electrons. The average molecular weight is 276 g/mol. The van der Waals surface area contributed by atoms with Crippen molar-refractivity contribution in [1.82, 2.24) is 0 Å². The number of aliphatic carboxylic acids is 1. The van der Waals surface area contributed by atoms with E-state index in [1.165, 1.54) is 0 Å². The van der Waals surface area contributed by atoms with Crippen LogP contribution in [0.1, 0.15) is 37.7 Å². The Balaban J connectivity index is 1.97. The third-order valence-corrected chi connectivity index (χ3v) is 3.76. The van der Waals surface area contributed by atoms with E-state index in [9.17, 15) is 9.59 Å². The number of anilines is 1. The number of para-hydroxylation sites is 1. The zero-order chi connectivity index (χ0) is 14.6. The Kier molecular flexibility index (Phi) is 4.39. The number of benzene rings is 1. The average Bonchev–Trinajstić information content (AvgIpc) is 2.35. The Bertz CT molecular complexity index is 510. The van der Waals surface area contributed by atoms with E-state index in [0.717, 1.165) is 24.8 Å². The van der Waals surface area contributed by atoms with Crippen LogP contribution in [0.4, 0.5) is 5.69 Å². The van der Waals surface area contributed by atoms with Crippen molar-refractivity contribution in [2.24, 2.45) is 5.73 Å². The van der Waals surface area contributed by atoms with Crippen molar-refractivity contribution in [3.63, 3.8) is 0 Å². The molecule has 1 amide bonds. The molecule has 0 spiro atoms. The number of aryl methyl sites for hydroxylation is 1. The van der Waals surface area contributed by atoms with Crippen LogP contribution in [0.2, 0.25) is 0 Å². The highest BCUT2D eigenvalue weighted by atomic mass is 16.4. The molecule has 0 aliphatic heterocycles. The van der Waals surface area contributed by atoms with Crippen molar-refractivity contribution in [3.05, 3.63) is 29.8 Å². The minimum Gasteiger partial charge on any atom is -0.481 e. The topological polar surface area (TPSA) is 92.4 Å². The highest BCUT2D eigenvalue weighted by molar-refractivity contribution is 5.92. The first-order valence-corrected chi connectivity index (χ1v) is 6.87. The maximum Gasteiger partial charge on any atom is 0.303 e. The first-order valence-electron chi connectivity index (χ1n) is 6.87. The van der Waals surface area contributed by atoms with Gasteiger partial charge in [-0.15, -0.1) is 0 Å². The van der Waals surface area contributed by atoms with Gasteiger partial charge in [-0.25, -0.2) is 0 Å². The van der Waals surface area contributed by atoms with E-state index in [1.54, 1.807) is 6.07 Å². The fourth-order valence-electron chi connectivity index (χ4n) is 2.42. The molecule has 0 aromatic heterocycles. The second-order valence-electron chi connectivity index (χ2n) is 5.49. The second kappa shape index (κ2) is 6.05. The Morgan fingerprint density at radius 3 is 2.60 bits per heavy atom. The number of amides is 1. The molecule has 2 rings (SSSR count). The van der Waals surface area contributed by atoms with Crippen molar-refractivity contribution >= 4 is 17.6 Å². The molecular formula is C15H20N2O3. The number of rotatable bonds is 6. The van der Waals surface area contributed by atoms with E-state index in [0.29, 0.717) is 18.5 Å². The van der Waals surface area contributed by atoms with Crippen molar-refractivity contribution in [3.8, 4) is 0 Å². The van der Waals surface area contributed by atoms with Gasteiger partial charge in [-0.2, -0.15) is 0 Å². The molecule has 108 valence electrons. The molecule has 20 heavy (non-hydrogen) atoms. The number of carboxylic acid groups (broad SMARTS) is 1. The van der Waals surface area contributed by atoms with Gasteiger partial charge in [0, 0.05) is 24.1 Å². The molecule has 1 aliphatic rings. The maximum atomic E-state index is 12.0. The van der Waals surface area contributed by atoms with Crippen LogP contribution < -0.4 is 11.1 Å². The third kappa shape index (κ3) is 3.81. The summed E-state index contributed by atoms with van der Waals surface area (Å²) in [6.07, 6.45) is 3.63. The van der Waals surface area contributed by atoms with Gasteiger partial charge in [0.1, 0.15) is 0 Å². The second-order valence-corrected chi connectivity index (χ2v) is 5.49. The van der Waals surface area contributed by atoms with Crippen LogP contribution in [0.3, 0.4) is 0 Å². The lowest BCUT2D eigenvalue weighted by Crippen LogP contribution is -2.48. The predicted molar refractivity (Wildman–Crippen MR) is 76.4 cm³/mol. The van der Waals surface area contributed by atoms with Crippen LogP contribution in [0.5, 0.6) is 0 Å². The summed E-state index contributed by atoms with van der Waals surface area (Å²) in [5.41, 5.74) is 7.23. The van der Waals surface area contributed by atoms with Crippen LogP contribution in [0, 0.1) is 0 Å². The van der Waals surface area contributed by atoms with Crippen LogP contribution in [-0.4, -0.2) is 22.5 Å². The molecule has 0 bridgehead atoms. The number of carbonyl (C=O) groups excluding carboxylic acids is 1. The standard InChI is InChI=1S/C15H20N2O3/c16-15(8-3-9-15)10-13(18)17-12-5-2-1-4-11(12)6-7-14(19)20/h1-2,4-5H,3,6-10,16H2,(H,17,18)(H,19,20). The molecule has 0 unspecified atom stereocenters.